The van der Waals surface area contributed by atoms with E-state index in [1.807, 2.05) is 0 Å². The molecule has 6 heteroatoms. The molecule has 0 aliphatic rings. The van der Waals surface area contributed by atoms with Gasteiger partial charge in [-0.3, -0.25) is 4.79 Å². The van der Waals surface area contributed by atoms with Crippen molar-refractivity contribution >= 4 is 11.8 Å². The normalized spacial score (nSPS) is 13.2. The number of rotatable bonds is 6. The maximum atomic E-state index is 12.4. The number of Topliss-reactive ketones (excluding diaryl/α,β-unsaturated/α-hetero) is 1. The predicted octanol–water partition coefficient (Wildman–Crippen LogP) is 3.12. The zero-order valence-electron chi connectivity index (χ0n) is 15.0. The van der Waals surface area contributed by atoms with Crippen molar-refractivity contribution in [3.63, 3.8) is 0 Å². The van der Waals surface area contributed by atoms with Crippen molar-refractivity contribution in [2.75, 3.05) is 7.11 Å². The van der Waals surface area contributed by atoms with Crippen LogP contribution in [-0.2, 0) is 4.74 Å². The molecule has 0 spiro atoms. The molecule has 2 rings (SSSR count). The van der Waals surface area contributed by atoms with Gasteiger partial charge in [0.25, 0.3) is 0 Å². The number of H-pyrrole nitrogens is 1. The van der Waals surface area contributed by atoms with Gasteiger partial charge in [-0.15, -0.1) is 0 Å². The summed E-state index contributed by atoms with van der Waals surface area (Å²) in [5.41, 5.74) is 2.68. The highest BCUT2D eigenvalue weighted by atomic mass is 16.5. The smallest absolute Gasteiger partial charge is 0.355 e. The Bertz CT molecular complexity index is 774. The van der Waals surface area contributed by atoms with Crippen LogP contribution in [0.5, 0.6) is 5.75 Å². The number of aromatic nitrogens is 1. The molecule has 0 fully saturated rings. The van der Waals surface area contributed by atoms with Crippen LogP contribution in [0.2, 0.25) is 0 Å². The van der Waals surface area contributed by atoms with E-state index >= 15 is 0 Å². The Morgan fingerprint density at radius 2 is 1.72 bits per heavy atom. The van der Waals surface area contributed by atoms with Crippen LogP contribution in [0.1, 0.15) is 57.6 Å². The number of carbonyl (C=O) groups is 2. The fourth-order valence-corrected chi connectivity index (χ4v) is 2.86. The van der Waals surface area contributed by atoms with Crippen LogP contribution in [0, 0.1) is 13.8 Å². The number of aromatic amines is 1. The fraction of sp³-hybridized carbons (Fsp3) is 0.368. The summed E-state index contributed by atoms with van der Waals surface area (Å²) in [6, 6.07) is 6.60. The van der Waals surface area contributed by atoms with Crippen molar-refractivity contribution in [3.05, 3.63) is 52.3 Å². The molecule has 0 unspecified atom stereocenters. The number of methoxy groups -OCH3 is 1. The Balaban J connectivity index is 2.14. The van der Waals surface area contributed by atoms with E-state index in [1.165, 1.54) is 6.92 Å². The summed E-state index contributed by atoms with van der Waals surface area (Å²) in [6.07, 6.45) is -1.63. The van der Waals surface area contributed by atoms with Crippen LogP contribution in [0.25, 0.3) is 0 Å². The summed E-state index contributed by atoms with van der Waals surface area (Å²) in [4.78, 5) is 27.7. The number of esters is 1. The molecule has 2 N–H and O–H groups in total. The highest BCUT2D eigenvalue weighted by Crippen LogP contribution is 2.25. The third-order valence-corrected chi connectivity index (χ3v) is 4.14. The SMILES string of the molecule is COc1ccc(C(=O)[C@H](C)OC(=O)c2[nH]c(C)c([C@@H](C)O)c2C)cc1. The van der Waals surface area contributed by atoms with Gasteiger partial charge >= 0.3 is 5.97 Å². The first-order valence-corrected chi connectivity index (χ1v) is 8.02. The number of ether oxygens (including phenoxy) is 2. The van der Waals surface area contributed by atoms with Gasteiger partial charge in [-0.05, 0) is 57.5 Å². The maximum absolute atomic E-state index is 12.4. The van der Waals surface area contributed by atoms with E-state index in [4.69, 9.17) is 9.47 Å². The van der Waals surface area contributed by atoms with Crippen molar-refractivity contribution < 1.29 is 24.2 Å². The Hall–Kier alpha value is -2.60. The minimum absolute atomic E-state index is 0.253. The lowest BCUT2D eigenvalue weighted by Crippen LogP contribution is -2.25. The van der Waals surface area contributed by atoms with Crippen LogP contribution < -0.4 is 4.74 Å². The maximum Gasteiger partial charge on any atom is 0.355 e. The highest BCUT2D eigenvalue weighted by molar-refractivity contribution is 6.01. The molecule has 0 aliphatic carbocycles. The van der Waals surface area contributed by atoms with E-state index in [0.717, 1.165) is 0 Å². The molecule has 1 aromatic carbocycles. The number of aliphatic hydroxyl groups excluding tert-OH is 1. The van der Waals surface area contributed by atoms with Crippen LogP contribution in [0.3, 0.4) is 0 Å². The van der Waals surface area contributed by atoms with Gasteiger partial charge in [0.1, 0.15) is 11.4 Å². The molecule has 2 atom stereocenters. The van der Waals surface area contributed by atoms with Crippen molar-refractivity contribution in [1.29, 1.82) is 0 Å². The zero-order chi connectivity index (χ0) is 18.7. The van der Waals surface area contributed by atoms with Crippen LogP contribution in [0.4, 0.5) is 0 Å². The summed E-state index contributed by atoms with van der Waals surface area (Å²) in [5, 5.41) is 9.81. The number of carbonyl (C=O) groups excluding carboxylic acids is 2. The first-order chi connectivity index (χ1) is 11.8. The second-order valence-corrected chi connectivity index (χ2v) is 5.98. The molecule has 0 radical (unpaired) electrons. The minimum Gasteiger partial charge on any atom is -0.497 e. The third-order valence-electron chi connectivity index (χ3n) is 4.14. The van der Waals surface area contributed by atoms with E-state index in [-0.39, 0.29) is 11.5 Å². The average molecular weight is 345 g/mol. The molecule has 0 amide bonds. The molecule has 1 aromatic heterocycles. The number of aliphatic hydroxyl groups is 1. The molecular weight excluding hydrogens is 322 g/mol. The summed E-state index contributed by atoms with van der Waals surface area (Å²) >= 11 is 0. The Morgan fingerprint density at radius 3 is 2.20 bits per heavy atom. The first-order valence-electron chi connectivity index (χ1n) is 8.02. The van der Waals surface area contributed by atoms with Gasteiger partial charge < -0.3 is 19.6 Å². The minimum atomic E-state index is -0.932. The number of benzene rings is 1. The summed E-state index contributed by atoms with van der Waals surface area (Å²) in [7, 11) is 1.55. The van der Waals surface area contributed by atoms with Gasteiger partial charge in [-0.2, -0.15) is 0 Å². The summed E-state index contributed by atoms with van der Waals surface area (Å²) in [5.74, 6) is -0.279. The van der Waals surface area contributed by atoms with E-state index < -0.39 is 18.2 Å². The number of nitrogens with one attached hydrogen (secondary N) is 1. The molecule has 0 aliphatic heterocycles. The van der Waals surface area contributed by atoms with Gasteiger partial charge in [0.2, 0.25) is 5.78 Å². The third kappa shape index (κ3) is 3.91. The largest absolute Gasteiger partial charge is 0.497 e. The predicted molar refractivity (Wildman–Crippen MR) is 93.1 cm³/mol. The number of aryl methyl sites for hydroxylation is 1. The van der Waals surface area contributed by atoms with Crippen molar-refractivity contribution in [1.82, 2.24) is 4.98 Å². The van der Waals surface area contributed by atoms with Crippen LogP contribution in [0.15, 0.2) is 24.3 Å². The quantitative estimate of drug-likeness (QED) is 0.620. The van der Waals surface area contributed by atoms with Crippen LogP contribution in [-0.4, -0.2) is 35.1 Å². The number of hydrogen-bond acceptors (Lipinski definition) is 5. The lowest BCUT2D eigenvalue weighted by Gasteiger charge is -2.13. The van der Waals surface area contributed by atoms with Crippen molar-refractivity contribution in [2.45, 2.75) is 39.9 Å². The molecule has 0 saturated carbocycles. The summed E-state index contributed by atoms with van der Waals surface area (Å²) < 4.78 is 10.4. The second-order valence-electron chi connectivity index (χ2n) is 5.98. The number of ketones is 1. The van der Waals surface area contributed by atoms with E-state index in [0.29, 0.717) is 28.1 Å². The Morgan fingerprint density at radius 1 is 1.12 bits per heavy atom. The monoisotopic (exact) mass is 345 g/mol. The van der Waals surface area contributed by atoms with Gasteiger partial charge in [-0.25, -0.2) is 4.79 Å². The average Bonchev–Trinajstić information content (AvgIpc) is 2.88. The highest BCUT2D eigenvalue weighted by Gasteiger charge is 2.25. The Labute approximate surface area is 146 Å². The molecule has 2 aromatic rings. The summed E-state index contributed by atoms with van der Waals surface area (Å²) in [6.45, 7) is 6.68. The zero-order valence-corrected chi connectivity index (χ0v) is 15.0. The standard InChI is InChI=1S/C19H23NO5/c1-10-16(12(3)21)11(2)20-17(10)19(23)25-13(4)18(22)14-6-8-15(24-5)9-7-14/h6-9,12-13,20-21H,1-5H3/t12-,13+/m1/s1. The lowest BCUT2D eigenvalue weighted by atomic mass is 10.1. The number of hydrogen-bond donors (Lipinski definition) is 2. The molecule has 1 heterocycles. The van der Waals surface area contributed by atoms with Gasteiger partial charge in [-0.1, -0.05) is 0 Å². The Kier molecular flexibility index (Phi) is 5.64. The van der Waals surface area contributed by atoms with Crippen molar-refractivity contribution in [3.8, 4) is 5.75 Å². The fourth-order valence-electron chi connectivity index (χ4n) is 2.86. The van der Waals surface area contributed by atoms with Crippen molar-refractivity contribution in [2.24, 2.45) is 0 Å². The van der Waals surface area contributed by atoms with Crippen LogP contribution >= 0.6 is 0 Å². The molecule has 6 nitrogen and oxygen atoms in total. The van der Waals surface area contributed by atoms with E-state index in [2.05, 4.69) is 4.98 Å². The molecule has 134 valence electrons. The first kappa shape index (κ1) is 18.7. The molecule has 0 bridgehead atoms. The van der Waals surface area contributed by atoms with E-state index in [9.17, 15) is 14.7 Å². The second kappa shape index (κ2) is 7.53. The van der Waals surface area contributed by atoms with E-state index in [1.54, 1.807) is 52.1 Å². The topological polar surface area (TPSA) is 88.6 Å². The molecule has 0 saturated heterocycles. The molecule has 25 heavy (non-hydrogen) atoms. The lowest BCUT2D eigenvalue weighted by molar-refractivity contribution is 0.0313. The van der Waals surface area contributed by atoms with Gasteiger partial charge in [0.15, 0.2) is 6.10 Å². The van der Waals surface area contributed by atoms with Gasteiger partial charge in [0, 0.05) is 16.8 Å². The van der Waals surface area contributed by atoms with Gasteiger partial charge in [0.05, 0.1) is 13.2 Å². The molecular formula is C19H23NO5.